The number of benzene rings is 1. The van der Waals surface area contributed by atoms with Crippen molar-refractivity contribution in [3.63, 3.8) is 0 Å². The fourth-order valence-electron chi connectivity index (χ4n) is 3.75. The van der Waals surface area contributed by atoms with Crippen molar-refractivity contribution in [3.05, 3.63) is 70.2 Å². The molecule has 0 unspecified atom stereocenters. The van der Waals surface area contributed by atoms with E-state index in [1.54, 1.807) is 13.2 Å². The fourth-order valence-corrected chi connectivity index (χ4v) is 3.75. The van der Waals surface area contributed by atoms with E-state index in [1.807, 2.05) is 69.5 Å². The molecule has 0 atom stereocenters. The van der Waals surface area contributed by atoms with Gasteiger partial charge in [0.25, 0.3) is 0 Å². The number of nitrogens with zero attached hydrogens (tertiary/aromatic N) is 3. The lowest BCUT2D eigenvalue weighted by Gasteiger charge is -2.21. The molecule has 0 aliphatic rings. The summed E-state index contributed by atoms with van der Waals surface area (Å²) in [6.07, 6.45) is 3.25. The number of hydrogen-bond acceptors (Lipinski definition) is 5. The SMILES string of the molecule is COCCN(CC(=O)Nc1cccc(C)c1C)C(=O)C=Cc1cc(C)n(-c2cc(C)on2)c1C. The molecule has 3 rings (SSSR count). The van der Waals surface area contributed by atoms with E-state index in [9.17, 15) is 9.59 Å². The normalized spacial score (nSPS) is 11.2. The molecule has 3 aromatic rings. The lowest BCUT2D eigenvalue weighted by atomic mass is 10.1. The standard InChI is InChI=1S/C26H32N4O4/c1-17-8-7-9-23(20(17)4)27-25(31)16-29(12-13-33-6)26(32)11-10-22-14-18(2)30(21(22)5)24-15-19(3)34-28-24/h7-11,14-15H,12-13,16H2,1-6H3,(H,27,31). The van der Waals surface area contributed by atoms with Crippen LogP contribution in [0.25, 0.3) is 11.9 Å². The van der Waals surface area contributed by atoms with Gasteiger partial charge in [0, 0.05) is 42.9 Å². The van der Waals surface area contributed by atoms with Crippen molar-refractivity contribution in [3.8, 4) is 5.82 Å². The van der Waals surface area contributed by atoms with Crippen LogP contribution in [0.2, 0.25) is 0 Å². The average molecular weight is 465 g/mol. The van der Waals surface area contributed by atoms with Gasteiger partial charge in [-0.05, 0) is 69.5 Å². The van der Waals surface area contributed by atoms with E-state index >= 15 is 0 Å². The summed E-state index contributed by atoms with van der Waals surface area (Å²) in [7, 11) is 1.56. The number of anilines is 1. The molecule has 180 valence electrons. The van der Waals surface area contributed by atoms with Crippen LogP contribution in [0.4, 0.5) is 5.69 Å². The van der Waals surface area contributed by atoms with E-state index in [1.165, 1.54) is 11.0 Å². The molecule has 2 aromatic heterocycles. The molecule has 34 heavy (non-hydrogen) atoms. The number of ether oxygens (including phenoxy) is 1. The number of amides is 2. The second-order valence-corrected chi connectivity index (χ2v) is 8.34. The van der Waals surface area contributed by atoms with E-state index in [4.69, 9.17) is 9.26 Å². The van der Waals surface area contributed by atoms with Crippen LogP contribution in [0, 0.1) is 34.6 Å². The first-order valence-corrected chi connectivity index (χ1v) is 11.2. The number of hydrogen-bond donors (Lipinski definition) is 1. The monoisotopic (exact) mass is 464 g/mol. The minimum Gasteiger partial charge on any atom is -0.383 e. The van der Waals surface area contributed by atoms with Gasteiger partial charge < -0.3 is 19.5 Å². The third kappa shape index (κ3) is 5.82. The highest BCUT2D eigenvalue weighted by Gasteiger charge is 2.17. The molecular weight excluding hydrogens is 432 g/mol. The van der Waals surface area contributed by atoms with Crippen molar-refractivity contribution in [2.75, 3.05) is 32.1 Å². The first kappa shape index (κ1) is 25.0. The number of aryl methyl sites for hydroxylation is 3. The number of aromatic nitrogens is 2. The highest BCUT2D eigenvalue weighted by Crippen LogP contribution is 2.22. The molecule has 2 amide bonds. The maximum absolute atomic E-state index is 13.0. The molecule has 8 nitrogen and oxygen atoms in total. The Kier molecular flexibility index (Phi) is 8.07. The summed E-state index contributed by atoms with van der Waals surface area (Å²) in [5.74, 6) is 0.896. The Bertz CT molecular complexity index is 1210. The minimum atomic E-state index is -0.268. The van der Waals surface area contributed by atoms with Crippen molar-refractivity contribution < 1.29 is 18.8 Å². The molecule has 2 heterocycles. The second kappa shape index (κ2) is 11.0. The highest BCUT2D eigenvalue weighted by atomic mass is 16.5. The zero-order valence-electron chi connectivity index (χ0n) is 20.6. The highest BCUT2D eigenvalue weighted by molar-refractivity contribution is 5.98. The van der Waals surface area contributed by atoms with Crippen molar-refractivity contribution in [1.82, 2.24) is 14.6 Å². The average Bonchev–Trinajstić information content (AvgIpc) is 3.34. The second-order valence-electron chi connectivity index (χ2n) is 8.34. The van der Waals surface area contributed by atoms with Crippen LogP contribution in [0.5, 0.6) is 0 Å². The lowest BCUT2D eigenvalue weighted by Crippen LogP contribution is -2.39. The Morgan fingerprint density at radius 3 is 2.62 bits per heavy atom. The van der Waals surface area contributed by atoms with Crippen molar-refractivity contribution in [1.29, 1.82) is 0 Å². The molecule has 0 bridgehead atoms. The van der Waals surface area contributed by atoms with Crippen molar-refractivity contribution >= 4 is 23.6 Å². The summed E-state index contributed by atoms with van der Waals surface area (Å²) in [6, 6.07) is 9.58. The molecule has 0 aliphatic heterocycles. The van der Waals surface area contributed by atoms with Gasteiger partial charge in [-0.15, -0.1) is 0 Å². The third-order valence-electron chi connectivity index (χ3n) is 5.81. The summed E-state index contributed by atoms with van der Waals surface area (Å²) < 4.78 is 12.3. The number of carbonyl (C=O) groups excluding carboxylic acids is 2. The number of rotatable bonds is 9. The quantitative estimate of drug-likeness (QED) is 0.481. The van der Waals surface area contributed by atoms with Crippen LogP contribution in [-0.4, -0.2) is 53.2 Å². The Morgan fingerprint density at radius 2 is 1.94 bits per heavy atom. The van der Waals surface area contributed by atoms with Gasteiger partial charge in [0.15, 0.2) is 5.82 Å². The van der Waals surface area contributed by atoms with Gasteiger partial charge in [-0.1, -0.05) is 17.3 Å². The smallest absolute Gasteiger partial charge is 0.247 e. The fraction of sp³-hybridized carbons (Fsp3) is 0.346. The Labute approximate surface area is 200 Å². The Morgan fingerprint density at radius 1 is 1.18 bits per heavy atom. The molecule has 1 N–H and O–H groups in total. The van der Waals surface area contributed by atoms with E-state index in [2.05, 4.69) is 10.5 Å². The van der Waals surface area contributed by atoms with Crippen LogP contribution in [0.3, 0.4) is 0 Å². The van der Waals surface area contributed by atoms with Crippen molar-refractivity contribution in [2.24, 2.45) is 0 Å². The molecular formula is C26H32N4O4. The summed E-state index contributed by atoms with van der Waals surface area (Å²) >= 11 is 0. The van der Waals surface area contributed by atoms with Crippen LogP contribution in [-0.2, 0) is 14.3 Å². The molecule has 0 radical (unpaired) electrons. The van der Waals surface area contributed by atoms with E-state index in [-0.39, 0.29) is 18.4 Å². The van der Waals surface area contributed by atoms with Gasteiger partial charge in [-0.25, -0.2) is 0 Å². The van der Waals surface area contributed by atoms with Gasteiger partial charge >= 0.3 is 0 Å². The molecule has 0 saturated heterocycles. The van der Waals surface area contributed by atoms with E-state index < -0.39 is 0 Å². The van der Waals surface area contributed by atoms with E-state index in [0.717, 1.165) is 39.5 Å². The maximum Gasteiger partial charge on any atom is 0.247 e. The van der Waals surface area contributed by atoms with Crippen molar-refractivity contribution in [2.45, 2.75) is 34.6 Å². The first-order chi connectivity index (χ1) is 16.2. The molecule has 1 aromatic carbocycles. The molecule has 8 heteroatoms. The third-order valence-corrected chi connectivity index (χ3v) is 5.81. The van der Waals surface area contributed by atoms with Gasteiger partial charge in [-0.2, -0.15) is 0 Å². The molecule has 0 saturated carbocycles. The van der Waals surface area contributed by atoms with Crippen LogP contribution < -0.4 is 5.32 Å². The number of methoxy groups -OCH3 is 1. The summed E-state index contributed by atoms with van der Waals surface area (Å²) in [5.41, 5.74) is 5.64. The maximum atomic E-state index is 13.0. The molecule has 0 fully saturated rings. The predicted octanol–water partition coefficient (Wildman–Crippen LogP) is 4.13. The van der Waals surface area contributed by atoms with Gasteiger partial charge in [0.2, 0.25) is 11.8 Å². The van der Waals surface area contributed by atoms with Crippen LogP contribution in [0.15, 0.2) is 40.9 Å². The summed E-state index contributed by atoms with van der Waals surface area (Å²) in [6.45, 7) is 10.3. The Hall–Kier alpha value is -3.65. The molecule has 0 spiro atoms. The number of nitrogens with one attached hydrogen (secondary N) is 1. The summed E-state index contributed by atoms with van der Waals surface area (Å²) in [4.78, 5) is 27.2. The zero-order chi connectivity index (χ0) is 24.8. The predicted molar refractivity (Wildman–Crippen MR) is 132 cm³/mol. The van der Waals surface area contributed by atoms with Gasteiger partial charge in [-0.3, -0.25) is 14.2 Å². The van der Waals surface area contributed by atoms with Gasteiger partial charge in [0.1, 0.15) is 12.3 Å². The zero-order valence-corrected chi connectivity index (χ0v) is 20.6. The molecule has 0 aliphatic carbocycles. The largest absolute Gasteiger partial charge is 0.383 e. The van der Waals surface area contributed by atoms with Crippen LogP contribution >= 0.6 is 0 Å². The van der Waals surface area contributed by atoms with Gasteiger partial charge in [0.05, 0.1) is 6.61 Å². The van der Waals surface area contributed by atoms with Crippen LogP contribution in [0.1, 0.15) is 33.8 Å². The Balaban J connectivity index is 1.74. The van der Waals surface area contributed by atoms with E-state index in [0.29, 0.717) is 19.0 Å². The minimum absolute atomic E-state index is 0.0723. The number of carbonyl (C=O) groups is 2. The lowest BCUT2D eigenvalue weighted by molar-refractivity contribution is -0.131. The first-order valence-electron chi connectivity index (χ1n) is 11.2. The topological polar surface area (TPSA) is 89.6 Å². The summed E-state index contributed by atoms with van der Waals surface area (Å²) in [5, 5.41) is 7.00.